The number of nitrogens with two attached hydrogens (primary N) is 1. The van der Waals surface area contributed by atoms with Crippen LogP contribution in [0.5, 0.6) is 11.5 Å². The summed E-state index contributed by atoms with van der Waals surface area (Å²) in [5.41, 5.74) is 5.55. The molecule has 7 nitrogen and oxygen atoms in total. The van der Waals surface area contributed by atoms with Crippen molar-refractivity contribution in [3.63, 3.8) is 0 Å². The minimum atomic E-state index is -0.825. The van der Waals surface area contributed by atoms with E-state index in [1.807, 2.05) is 0 Å². The first-order valence-corrected chi connectivity index (χ1v) is 8.00. The third kappa shape index (κ3) is 3.58. The zero-order valence-electron chi connectivity index (χ0n) is 14.1. The Hall–Kier alpha value is -3.16. The number of methoxy groups -OCH3 is 1. The predicted octanol–water partition coefficient (Wildman–Crippen LogP) is 1.38. The second-order valence-corrected chi connectivity index (χ2v) is 5.89. The quantitative estimate of drug-likeness (QED) is 0.870. The van der Waals surface area contributed by atoms with Crippen LogP contribution in [0.1, 0.15) is 16.8 Å². The normalized spacial score (nSPS) is 19.2. The molecule has 8 heteroatoms. The molecule has 1 aliphatic heterocycles. The molecular formula is C18H18FN3O4. The Kier molecular flexibility index (Phi) is 5.01. The number of ether oxygens (including phenoxy) is 2. The number of amides is 2. The van der Waals surface area contributed by atoms with Gasteiger partial charge in [0.1, 0.15) is 17.9 Å². The van der Waals surface area contributed by atoms with Crippen molar-refractivity contribution >= 4 is 11.8 Å². The molecule has 0 spiro atoms. The predicted molar refractivity (Wildman–Crippen MR) is 90.2 cm³/mol. The molecule has 0 aliphatic carbocycles. The van der Waals surface area contributed by atoms with Crippen molar-refractivity contribution in [2.45, 2.75) is 18.6 Å². The van der Waals surface area contributed by atoms with Gasteiger partial charge in [-0.05, 0) is 30.3 Å². The summed E-state index contributed by atoms with van der Waals surface area (Å²) in [6, 6.07) is 6.51. The lowest BCUT2D eigenvalue weighted by Gasteiger charge is -2.22. The highest BCUT2D eigenvalue weighted by atomic mass is 19.1. The number of likely N-dealkylation sites (tertiary alicyclic amines) is 1. The molecule has 1 aromatic heterocycles. The van der Waals surface area contributed by atoms with Crippen molar-refractivity contribution < 1.29 is 23.5 Å². The second kappa shape index (κ2) is 7.38. The molecule has 3 rings (SSSR count). The van der Waals surface area contributed by atoms with Crippen LogP contribution in [-0.4, -0.2) is 47.5 Å². The summed E-state index contributed by atoms with van der Waals surface area (Å²) in [6.45, 7) is 0.162. The minimum absolute atomic E-state index is 0.0345. The van der Waals surface area contributed by atoms with Gasteiger partial charge in [0.2, 0.25) is 5.91 Å². The number of carbonyl (C=O) groups is 2. The highest BCUT2D eigenvalue weighted by Gasteiger charge is 2.40. The van der Waals surface area contributed by atoms with Crippen molar-refractivity contribution in [1.82, 2.24) is 9.88 Å². The summed E-state index contributed by atoms with van der Waals surface area (Å²) in [5, 5.41) is 0. The van der Waals surface area contributed by atoms with Gasteiger partial charge in [-0.1, -0.05) is 0 Å². The molecule has 2 N–H and O–H groups in total. The lowest BCUT2D eigenvalue weighted by Crippen LogP contribution is -2.43. The molecule has 136 valence electrons. The first-order valence-electron chi connectivity index (χ1n) is 8.00. The Morgan fingerprint density at radius 3 is 2.77 bits per heavy atom. The Bertz CT molecular complexity index is 815. The fraction of sp³-hybridized carbons (Fsp3) is 0.278. The maximum atomic E-state index is 13.9. The highest BCUT2D eigenvalue weighted by molar-refractivity contribution is 5.98. The van der Waals surface area contributed by atoms with Gasteiger partial charge in [0, 0.05) is 18.2 Å². The second-order valence-electron chi connectivity index (χ2n) is 5.89. The van der Waals surface area contributed by atoms with E-state index in [0.717, 1.165) is 6.07 Å². The van der Waals surface area contributed by atoms with Crippen molar-refractivity contribution in [3.05, 3.63) is 54.1 Å². The molecule has 2 amide bonds. The summed E-state index contributed by atoms with van der Waals surface area (Å²) < 4.78 is 24.5. The fourth-order valence-electron chi connectivity index (χ4n) is 2.95. The minimum Gasteiger partial charge on any atom is -0.494 e. The molecule has 0 saturated carbocycles. The van der Waals surface area contributed by atoms with Crippen LogP contribution in [0.2, 0.25) is 0 Å². The fourth-order valence-corrected chi connectivity index (χ4v) is 2.95. The molecule has 26 heavy (non-hydrogen) atoms. The molecule has 0 unspecified atom stereocenters. The summed E-state index contributed by atoms with van der Waals surface area (Å²) in [7, 11) is 1.34. The highest BCUT2D eigenvalue weighted by Crippen LogP contribution is 2.26. The van der Waals surface area contributed by atoms with E-state index in [4.69, 9.17) is 15.2 Å². The number of primary amides is 1. The number of hydrogen-bond donors (Lipinski definition) is 1. The largest absolute Gasteiger partial charge is 0.494 e. The molecule has 1 aromatic carbocycles. The van der Waals surface area contributed by atoms with Crippen LogP contribution in [-0.2, 0) is 4.79 Å². The maximum absolute atomic E-state index is 13.9. The standard InChI is InChI=1S/C18H18FN3O4/c1-25-16-5-4-11(7-14(16)19)18(24)22-10-13(8-15(22)17(20)23)26-12-3-2-6-21-9-12/h2-7,9,13,15H,8,10H2,1H3,(H2,20,23)/t13-,15-/m0/s1. The zero-order chi connectivity index (χ0) is 18.7. The Balaban J connectivity index is 1.79. The number of halogens is 1. The van der Waals surface area contributed by atoms with Gasteiger partial charge < -0.3 is 20.1 Å². The van der Waals surface area contributed by atoms with E-state index in [0.29, 0.717) is 5.75 Å². The first kappa shape index (κ1) is 17.7. The van der Waals surface area contributed by atoms with Gasteiger partial charge in [-0.15, -0.1) is 0 Å². The van der Waals surface area contributed by atoms with Gasteiger partial charge >= 0.3 is 0 Å². The number of benzene rings is 1. The van der Waals surface area contributed by atoms with E-state index >= 15 is 0 Å². The van der Waals surface area contributed by atoms with E-state index in [9.17, 15) is 14.0 Å². The zero-order valence-corrected chi connectivity index (χ0v) is 14.1. The van der Waals surface area contributed by atoms with E-state index in [1.54, 1.807) is 24.5 Å². The Morgan fingerprint density at radius 1 is 1.35 bits per heavy atom. The molecular weight excluding hydrogens is 341 g/mol. The van der Waals surface area contributed by atoms with Crippen LogP contribution in [0.3, 0.4) is 0 Å². The van der Waals surface area contributed by atoms with Crippen LogP contribution in [0.15, 0.2) is 42.7 Å². The molecule has 0 bridgehead atoms. The maximum Gasteiger partial charge on any atom is 0.254 e. The average Bonchev–Trinajstić information content (AvgIpc) is 3.06. The SMILES string of the molecule is COc1ccc(C(=O)N2C[C@@H](Oc3cccnc3)C[C@H]2C(N)=O)cc1F. The van der Waals surface area contributed by atoms with Crippen LogP contribution < -0.4 is 15.2 Å². The summed E-state index contributed by atoms with van der Waals surface area (Å²) >= 11 is 0. The Morgan fingerprint density at radius 2 is 2.15 bits per heavy atom. The van der Waals surface area contributed by atoms with Crippen molar-refractivity contribution in [1.29, 1.82) is 0 Å². The smallest absolute Gasteiger partial charge is 0.254 e. The van der Waals surface area contributed by atoms with Crippen LogP contribution >= 0.6 is 0 Å². The summed E-state index contributed by atoms with van der Waals surface area (Å²) in [4.78, 5) is 29.8. The summed E-state index contributed by atoms with van der Waals surface area (Å²) in [5.74, 6) is -1.22. The lowest BCUT2D eigenvalue weighted by molar-refractivity contribution is -0.121. The van der Waals surface area contributed by atoms with Crippen molar-refractivity contribution in [2.75, 3.05) is 13.7 Å². The first-order chi connectivity index (χ1) is 12.5. The van der Waals surface area contributed by atoms with Crippen molar-refractivity contribution in [2.24, 2.45) is 5.73 Å². The van der Waals surface area contributed by atoms with Crippen LogP contribution in [0.25, 0.3) is 0 Å². The van der Waals surface area contributed by atoms with Gasteiger partial charge in [-0.2, -0.15) is 0 Å². The van der Waals surface area contributed by atoms with Gasteiger partial charge in [0.15, 0.2) is 11.6 Å². The monoisotopic (exact) mass is 359 g/mol. The molecule has 2 aromatic rings. The van der Waals surface area contributed by atoms with Gasteiger partial charge in [0.25, 0.3) is 5.91 Å². The number of carbonyl (C=O) groups excluding carboxylic acids is 2. The van der Waals surface area contributed by atoms with Gasteiger partial charge in [0.05, 0.1) is 19.9 Å². The number of rotatable bonds is 5. The number of aromatic nitrogens is 1. The number of pyridine rings is 1. The van der Waals surface area contributed by atoms with Crippen molar-refractivity contribution in [3.8, 4) is 11.5 Å². The third-order valence-electron chi connectivity index (χ3n) is 4.19. The third-order valence-corrected chi connectivity index (χ3v) is 4.19. The number of hydrogen-bond acceptors (Lipinski definition) is 5. The molecule has 1 saturated heterocycles. The summed E-state index contributed by atoms with van der Waals surface area (Å²) in [6.07, 6.45) is 3.00. The molecule has 2 heterocycles. The molecule has 2 atom stereocenters. The molecule has 0 radical (unpaired) electrons. The van der Waals surface area contributed by atoms with Crippen LogP contribution in [0, 0.1) is 5.82 Å². The van der Waals surface area contributed by atoms with Gasteiger partial charge in [-0.3, -0.25) is 14.6 Å². The number of nitrogens with zero attached hydrogens (tertiary/aromatic N) is 2. The van der Waals surface area contributed by atoms with Gasteiger partial charge in [-0.25, -0.2) is 4.39 Å². The molecule has 1 aliphatic rings. The average molecular weight is 359 g/mol. The lowest BCUT2D eigenvalue weighted by atomic mass is 10.1. The molecule has 1 fully saturated rings. The van der Waals surface area contributed by atoms with E-state index in [-0.39, 0.29) is 24.3 Å². The topological polar surface area (TPSA) is 94.8 Å². The van der Waals surface area contributed by atoms with E-state index in [1.165, 1.54) is 24.1 Å². The Labute approximate surface area is 149 Å². The van der Waals surface area contributed by atoms with E-state index < -0.39 is 29.8 Å². The van der Waals surface area contributed by atoms with E-state index in [2.05, 4.69) is 4.98 Å². The van der Waals surface area contributed by atoms with Crippen LogP contribution in [0.4, 0.5) is 4.39 Å².